The van der Waals surface area contributed by atoms with Crippen molar-refractivity contribution < 1.29 is 23.3 Å². The Labute approximate surface area is 134 Å². The fraction of sp³-hybridized carbons (Fsp3) is 0.562. The lowest BCUT2D eigenvalue weighted by Crippen LogP contribution is -2.53. The molecule has 1 fully saturated rings. The van der Waals surface area contributed by atoms with Crippen molar-refractivity contribution in [3.8, 4) is 0 Å². The minimum absolute atomic E-state index is 0.214. The van der Waals surface area contributed by atoms with Gasteiger partial charge in [-0.25, -0.2) is 18.5 Å². The smallest absolute Gasteiger partial charge is 0.276 e. The van der Waals surface area contributed by atoms with E-state index in [2.05, 4.69) is 4.90 Å². The Morgan fingerprint density at radius 3 is 2.57 bits per heavy atom. The van der Waals surface area contributed by atoms with Gasteiger partial charge >= 0.3 is 0 Å². The highest BCUT2D eigenvalue weighted by Gasteiger charge is 2.36. The fourth-order valence-electron chi connectivity index (χ4n) is 2.73. The van der Waals surface area contributed by atoms with Crippen LogP contribution in [-0.2, 0) is 20.9 Å². The lowest BCUT2D eigenvalue weighted by atomic mass is 9.86. The first kappa shape index (κ1) is 17.8. The van der Waals surface area contributed by atoms with Crippen molar-refractivity contribution >= 4 is 5.91 Å². The number of likely N-dealkylation sites (tertiary alicyclic amines) is 1. The molecule has 1 aliphatic rings. The highest BCUT2D eigenvalue weighted by Crippen LogP contribution is 2.26. The molecule has 1 aromatic carbocycles. The summed E-state index contributed by atoms with van der Waals surface area (Å²) < 4.78 is 26.4. The van der Waals surface area contributed by atoms with E-state index in [-0.39, 0.29) is 17.7 Å². The molecule has 0 radical (unpaired) electrons. The molecule has 0 aliphatic carbocycles. The van der Waals surface area contributed by atoms with Crippen LogP contribution in [0.3, 0.4) is 0 Å². The molecular weight excluding hydrogens is 306 g/mol. The average molecular weight is 328 g/mol. The number of rotatable bonds is 7. The normalized spacial score (nSPS) is 16.9. The van der Waals surface area contributed by atoms with Crippen LogP contribution in [0.2, 0.25) is 0 Å². The van der Waals surface area contributed by atoms with Crippen molar-refractivity contribution in [3.05, 3.63) is 35.4 Å². The van der Waals surface area contributed by atoms with E-state index in [1.54, 1.807) is 0 Å². The Morgan fingerprint density at radius 1 is 1.35 bits per heavy atom. The summed E-state index contributed by atoms with van der Waals surface area (Å²) >= 11 is 0. The fourth-order valence-corrected chi connectivity index (χ4v) is 2.73. The second-order valence-corrected chi connectivity index (χ2v) is 5.75. The van der Waals surface area contributed by atoms with E-state index in [4.69, 9.17) is 9.68 Å². The maximum absolute atomic E-state index is 13.6. The number of halogens is 2. The highest BCUT2D eigenvalue weighted by atomic mass is 19.1. The van der Waals surface area contributed by atoms with Crippen LogP contribution in [0.15, 0.2) is 18.2 Å². The van der Waals surface area contributed by atoms with Crippen LogP contribution in [0.4, 0.5) is 8.78 Å². The van der Waals surface area contributed by atoms with Crippen LogP contribution in [-0.4, -0.2) is 49.9 Å². The van der Waals surface area contributed by atoms with Crippen LogP contribution < -0.4 is 0 Å². The van der Waals surface area contributed by atoms with Crippen LogP contribution in [0.25, 0.3) is 0 Å². The Balaban J connectivity index is 1.77. The van der Waals surface area contributed by atoms with E-state index in [0.29, 0.717) is 18.5 Å². The largest absolute Gasteiger partial charge is 0.302 e. The maximum atomic E-state index is 13.6. The lowest BCUT2D eigenvalue weighted by molar-refractivity contribution is -0.321. The summed E-state index contributed by atoms with van der Waals surface area (Å²) in [6, 6.07) is 3.64. The third kappa shape index (κ3) is 4.25. The van der Waals surface area contributed by atoms with E-state index in [1.807, 2.05) is 6.92 Å². The minimum atomic E-state index is -0.566. The van der Waals surface area contributed by atoms with Crippen LogP contribution >= 0.6 is 0 Å². The highest BCUT2D eigenvalue weighted by molar-refractivity contribution is 5.77. The van der Waals surface area contributed by atoms with Gasteiger partial charge in [-0.3, -0.25) is 4.79 Å². The molecule has 0 saturated carbocycles. The van der Waals surface area contributed by atoms with Gasteiger partial charge in [0.25, 0.3) is 5.91 Å². The molecule has 1 aliphatic heterocycles. The number of hydrogen-bond acceptors (Lipinski definition) is 4. The van der Waals surface area contributed by atoms with Crippen molar-refractivity contribution in [1.82, 2.24) is 10.1 Å². The van der Waals surface area contributed by atoms with E-state index < -0.39 is 11.6 Å². The molecule has 0 spiro atoms. The molecule has 1 saturated heterocycles. The van der Waals surface area contributed by atoms with Gasteiger partial charge < -0.3 is 4.90 Å². The molecule has 1 unspecified atom stereocenters. The van der Waals surface area contributed by atoms with Gasteiger partial charge in [-0.05, 0) is 24.0 Å². The third-order valence-corrected chi connectivity index (χ3v) is 4.31. The van der Waals surface area contributed by atoms with Crippen molar-refractivity contribution in [2.45, 2.75) is 13.3 Å². The van der Waals surface area contributed by atoms with Crippen molar-refractivity contribution in [3.63, 3.8) is 0 Å². The number of carbonyl (C=O) groups is 1. The summed E-state index contributed by atoms with van der Waals surface area (Å²) in [5.74, 6) is -1.30. The SMILES string of the molecule is CON(OC)C(=O)C(C)C1CN(CCc2ccc(F)cc2F)C1. The second-order valence-electron chi connectivity index (χ2n) is 5.75. The Kier molecular flexibility index (Phi) is 6.04. The molecule has 7 heteroatoms. The molecule has 5 nitrogen and oxygen atoms in total. The van der Waals surface area contributed by atoms with Crippen LogP contribution in [0, 0.1) is 23.5 Å². The van der Waals surface area contributed by atoms with Gasteiger partial charge in [-0.1, -0.05) is 18.2 Å². The average Bonchev–Trinajstić information content (AvgIpc) is 2.48. The molecule has 1 amide bonds. The topological polar surface area (TPSA) is 42.0 Å². The zero-order valence-electron chi connectivity index (χ0n) is 13.6. The Bertz CT molecular complexity index is 546. The molecule has 0 N–H and O–H groups in total. The van der Waals surface area contributed by atoms with Gasteiger partial charge in [0.15, 0.2) is 0 Å². The van der Waals surface area contributed by atoms with Crippen molar-refractivity contribution in [1.29, 1.82) is 0 Å². The summed E-state index contributed by atoms with van der Waals surface area (Å²) in [6.07, 6.45) is 0.517. The first-order chi connectivity index (χ1) is 11.0. The number of amides is 1. The summed E-state index contributed by atoms with van der Waals surface area (Å²) in [4.78, 5) is 23.9. The van der Waals surface area contributed by atoms with E-state index in [9.17, 15) is 13.6 Å². The molecule has 128 valence electrons. The lowest BCUT2D eigenvalue weighted by Gasteiger charge is -2.42. The van der Waals surface area contributed by atoms with Crippen LogP contribution in [0.5, 0.6) is 0 Å². The van der Waals surface area contributed by atoms with Crippen LogP contribution in [0.1, 0.15) is 12.5 Å². The first-order valence-corrected chi connectivity index (χ1v) is 7.54. The summed E-state index contributed by atoms with van der Waals surface area (Å²) in [5.41, 5.74) is 0.504. The summed E-state index contributed by atoms with van der Waals surface area (Å²) in [6.45, 7) is 4.04. The Morgan fingerprint density at radius 2 is 2.00 bits per heavy atom. The zero-order valence-corrected chi connectivity index (χ0v) is 13.6. The number of carbonyl (C=O) groups excluding carboxylic acids is 1. The summed E-state index contributed by atoms with van der Waals surface area (Å²) in [7, 11) is 2.75. The molecule has 0 aromatic heterocycles. The predicted molar refractivity (Wildman–Crippen MR) is 80.0 cm³/mol. The molecule has 2 rings (SSSR count). The van der Waals surface area contributed by atoms with Gasteiger partial charge in [-0.2, -0.15) is 0 Å². The maximum Gasteiger partial charge on any atom is 0.276 e. The number of hydroxylamine groups is 2. The van der Waals surface area contributed by atoms with Gasteiger partial charge in [-0.15, -0.1) is 0 Å². The van der Waals surface area contributed by atoms with E-state index in [1.165, 1.54) is 26.4 Å². The monoisotopic (exact) mass is 328 g/mol. The van der Waals surface area contributed by atoms with Crippen molar-refractivity contribution in [2.75, 3.05) is 33.9 Å². The molecule has 1 aromatic rings. The standard InChI is InChI=1S/C16H22F2N2O3/c1-11(16(21)20(22-2)23-3)13-9-19(10-13)7-6-12-4-5-14(17)8-15(12)18/h4-5,8,11,13H,6-7,9-10H2,1-3H3. The summed E-state index contributed by atoms with van der Waals surface area (Å²) in [5, 5.41) is 0.876. The second kappa shape index (κ2) is 7.81. The van der Waals surface area contributed by atoms with E-state index in [0.717, 1.165) is 24.4 Å². The quantitative estimate of drug-likeness (QED) is 0.718. The van der Waals surface area contributed by atoms with Crippen molar-refractivity contribution in [2.24, 2.45) is 11.8 Å². The van der Waals surface area contributed by atoms with E-state index >= 15 is 0 Å². The minimum Gasteiger partial charge on any atom is -0.302 e. The number of benzene rings is 1. The van der Waals surface area contributed by atoms with Gasteiger partial charge in [0, 0.05) is 31.6 Å². The molecule has 23 heavy (non-hydrogen) atoms. The molecule has 1 atom stereocenters. The third-order valence-electron chi connectivity index (χ3n) is 4.31. The molecule has 1 heterocycles. The van der Waals surface area contributed by atoms with Gasteiger partial charge in [0.05, 0.1) is 14.2 Å². The van der Waals surface area contributed by atoms with Gasteiger partial charge in [0.2, 0.25) is 0 Å². The number of hydrogen-bond donors (Lipinski definition) is 0. The number of nitrogens with zero attached hydrogens (tertiary/aromatic N) is 2. The Hall–Kier alpha value is -1.57. The molecular formula is C16H22F2N2O3. The molecule has 0 bridgehead atoms. The zero-order chi connectivity index (χ0) is 17.0. The van der Waals surface area contributed by atoms with Gasteiger partial charge in [0.1, 0.15) is 11.6 Å². The first-order valence-electron chi connectivity index (χ1n) is 7.54. The predicted octanol–water partition coefficient (Wildman–Crippen LogP) is 2.03.